The number of nitrogens with zero attached hydrogens (tertiary/aromatic N) is 4. The van der Waals surface area contributed by atoms with E-state index in [-0.39, 0.29) is 5.69 Å². The van der Waals surface area contributed by atoms with Gasteiger partial charge < -0.3 is 4.90 Å². The van der Waals surface area contributed by atoms with E-state index < -0.39 is 4.92 Å². The molecular formula is C16H19ClN4O2S. The fraction of sp³-hybridized carbons (Fsp3) is 0.438. The summed E-state index contributed by atoms with van der Waals surface area (Å²) < 4.78 is 0. The summed E-state index contributed by atoms with van der Waals surface area (Å²) >= 11 is 7.97. The molecule has 1 aromatic carbocycles. The summed E-state index contributed by atoms with van der Waals surface area (Å²) in [5, 5.41) is 13.5. The highest BCUT2D eigenvalue weighted by Gasteiger charge is 2.21. The summed E-state index contributed by atoms with van der Waals surface area (Å²) in [6, 6.07) is 3.04. The van der Waals surface area contributed by atoms with Crippen LogP contribution in [-0.2, 0) is 6.54 Å². The number of thiazole rings is 1. The highest BCUT2D eigenvalue weighted by Crippen LogP contribution is 2.34. The quantitative estimate of drug-likeness (QED) is 0.609. The summed E-state index contributed by atoms with van der Waals surface area (Å²) in [6.07, 6.45) is 1.02. The predicted octanol–water partition coefficient (Wildman–Crippen LogP) is 3.73. The molecule has 8 heteroatoms. The lowest BCUT2D eigenvalue weighted by atomic mass is 10.1. The van der Waals surface area contributed by atoms with Crippen LogP contribution in [0.15, 0.2) is 23.0 Å². The summed E-state index contributed by atoms with van der Waals surface area (Å²) in [4.78, 5) is 19.5. The monoisotopic (exact) mass is 366 g/mol. The number of benzene rings is 1. The summed E-state index contributed by atoms with van der Waals surface area (Å²) in [6.45, 7) is 6.42. The van der Waals surface area contributed by atoms with Crippen molar-refractivity contribution in [3.8, 4) is 0 Å². The molecular weight excluding hydrogens is 348 g/mol. The van der Waals surface area contributed by atoms with Gasteiger partial charge in [0.25, 0.3) is 5.69 Å². The maximum atomic E-state index is 11.0. The normalized spacial score (nSPS) is 16.2. The lowest BCUT2D eigenvalue weighted by molar-refractivity contribution is -0.384. The Morgan fingerprint density at radius 3 is 2.83 bits per heavy atom. The highest BCUT2D eigenvalue weighted by atomic mass is 35.5. The van der Waals surface area contributed by atoms with Crippen LogP contribution in [0.2, 0.25) is 5.02 Å². The van der Waals surface area contributed by atoms with Crippen molar-refractivity contribution in [1.82, 2.24) is 9.88 Å². The van der Waals surface area contributed by atoms with Crippen molar-refractivity contribution in [2.75, 3.05) is 31.1 Å². The second-order valence-corrected chi connectivity index (χ2v) is 7.07. The second-order valence-electron chi connectivity index (χ2n) is 5.95. The Morgan fingerprint density at radius 1 is 1.33 bits per heavy atom. The van der Waals surface area contributed by atoms with Crippen LogP contribution in [-0.4, -0.2) is 41.0 Å². The summed E-state index contributed by atoms with van der Waals surface area (Å²) in [5.74, 6) is 0. The van der Waals surface area contributed by atoms with Crippen molar-refractivity contribution in [2.45, 2.75) is 19.9 Å². The fourth-order valence-electron chi connectivity index (χ4n) is 3.12. The minimum atomic E-state index is -0.402. The molecule has 6 nitrogen and oxygen atoms in total. The van der Waals surface area contributed by atoms with Gasteiger partial charge in [-0.25, -0.2) is 4.98 Å². The maximum absolute atomic E-state index is 11.0. The Hall–Kier alpha value is -1.70. The van der Waals surface area contributed by atoms with Gasteiger partial charge in [-0.1, -0.05) is 11.6 Å². The highest BCUT2D eigenvalue weighted by molar-refractivity contribution is 7.07. The van der Waals surface area contributed by atoms with Gasteiger partial charge >= 0.3 is 0 Å². The lowest BCUT2D eigenvalue weighted by Gasteiger charge is -2.26. The zero-order valence-corrected chi connectivity index (χ0v) is 15.0. The van der Waals surface area contributed by atoms with Crippen molar-refractivity contribution in [2.24, 2.45) is 0 Å². The third-order valence-electron chi connectivity index (χ3n) is 4.22. The second kappa shape index (κ2) is 7.46. The standard InChI is InChI=1S/C16H19ClN4O2S/c1-12-7-14(21(22)23)8-15(17)16(12)20-4-2-3-19(5-6-20)9-13-10-24-11-18-13/h7-8,10-11H,2-6,9H2,1H3. The van der Waals surface area contributed by atoms with Gasteiger partial charge in [-0.15, -0.1) is 11.3 Å². The first-order chi connectivity index (χ1) is 11.5. The minimum Gasteiger partial charge on any atom is -0.369 e. The van der Waals surface area contributed by atoms with E-state index in [0.29, 0.717) is 5.02 Å². The molecule has 2 aromatic rings. The molecule has 0 bridgehead atoms. The third-order valence-corrected chi connectivity index (χ3v) is 5.15. The SMILES string of the molecule is Cc1cc([N+](=O)[O-])cc(Cl)c1N1CCCN(Cc2cscn2)CC1. The van der Waals surface area contributed by atoms with Gasteiger partial charge in [0, 0.05) is 50.2 Å². The number of nitro benzene ring substituents is 1. The van der Waals surface area contributed by atoms with E-state index in [1.807, 2.05) is 12.4 Å². The van der Waals surface area contributed by atoms with E-state index in [2.05, 4.69) is 20.2 Å². The lowest BCUT2D eigenvalue weighted by Crippen LogP contribution is -2.31. The molecule has 2 heterocycles. The average Bonchev–Trinajstić information content (AvgIpc) is 2.93. The van der Waals surface area contributed by atoms with Crippen LogP contribution in [0.1, 0.15) is 17.7 Å². The maximum Gasteiger partial charge on any atom is 0.271 e. The number of aromatic nitrogens is 1. The minimum absolute atomic E-state index is 0.0428. The van der Waals surface area contributed by atoms with Crippen molar-refractivity contribution in [1.29, 1.82) is 0 Å². The fourth-order valence-corrected chi connectivity index (χ4v) is 4.05. The van der Waals surface area contributed by atoms with Crippen LogP contribution >= 0.6 is 22.9 Å². The van der Waals surface area contributed by atoms with Gasteiger partial charge in [-0.2, -0.15) is 0 Å². The Morgan fingerprint density at radius 2 is 2.17 bits per heavy atom. The molecule has 1 fully saturated rings. The molecule has 128 valence electrons. The van der Waals surface area contributed by atoms with E-state index in [1.54, 1.807) is 17.4 Å². The Labute approximate surface area is 149 Å². The molecule has 1 aliphatic rings. The number of halogens is 1. The van der Waals surface area contributed by atoms with Crippen LogP contribution in [0.5, 0.6) is 0 Å². The molecule has 0 saturated carbocycles. The van der Waals surface area contributed by atoms with Crippen LogP contribution < -0.4 is 4.90 Å². The molecule has 3 rings (SSSR count). The molecule has 0 spiro atoms. The first-order valence-corrected chi connectivity index (χ1v) is 9.15. The number of aryl methyl sites for hydroxylation is 1. The Kier molecular flexibility index (Phi) is 5.33. The first-order valence-electron chi connectivity index (χ1n) is 7.83. The molecule has 0 radical (unpaired) electrons. The molecule has 1 aromatic heterocycles. The number of hydrogen-bond donors (Lipinski definition) is 0. The van der Waals surface area contributed by atoms with Crippen molar-refractivity contribution in [3.05, 3.63) is 49.4 Å². The van der Waals surface area contributed by atoms with Gasteiger partial charge in [0.05, 0.1) is 26.8 Å². The van der Waals surface area contributed by atoms with E-state index >= 15 is 0 Å². The van der Waals surface area contributed by atoms with E-state index in [0.717, 1.165) is 56.1 Å². The molecule has 1 saturated heterocycles. The third kappa shape index (κ3) is 3.85. The Bertz CT molecular complexity index is 700. The van der Waals surface area contributed by atoms with E-state index in [4.69, 9.17) is 11.6 Å². The molecule has 24 heavy (non-hydrogen) atoms. The van der Waals surface area contributed by atoms with Gasteiger partial charge in [0.1, 0.15) is 0 Å². The number of hydrogen-bond acceptors (Lipinski definition) is 6. The topological polar surface area (TPSA) is 62.5 Å². The molecule has 0 aliphatic carbocycles. The number of non-ortho nitro benzene ring substituents is 1. The van der Waals surface area contributed by atoms with Crippen molar-refractivity contribution >= 4 is 34.3 Å². The summed E-state index contributed by atoms with van der Waals surface area (Å²) in [7, 11) is 0. The number of rotatable bonds is 4. The van der Waals surface area contributed by atoms with Gasteiger partial charge in [-0.05, 0) is 18.9 Å². The van der Waals surface area contributed by atoms with E-state index in [9.17, 15) is 10.1 Å². The molecule has 0 unspecified atom stereocenters. The van der Waals surface area contributed by atoms with Crippen molar-refractivity contribution in [3.63, 3.8) is 0 Å². The molecule has 1 aliphatic heterocycles. The predicted molar refractivity (Wildman–Crippen MR) is 97.1 cm³/mol. The Balaban J connectivity index is 1.73. The van der Waals surface area contributed by atoms with Gasteiger partial charge in [-0.3, -0.25) is 15.0 Å². The van der Waals surface area contributed by atoms with Crippen LogP contribution in [0.25, 0.3) is 0 Å². The van der Waals surface area contributed by atoms with E-state index in [1.165, 1.54) is 6.07 Å². The average molecular weight is 367 g/mol. The first kappa shape index (κ1) is 17.1. The molecule has 0 atom stereocenters. The zero-order valence-electron chi connectivity index (χ0n) is 13.4. The molecule has 0 amide bonds. The van der Waals surface area contributed by atoms with Crippen LogP contribution in [0.3, 0.4) is 0 Å². The van der Waals surface area contributed by atoms with Crippen LogP contribution in [0, 0.1) is 17.0 Å². The number of nitro groups is 1. The van der Waals surface area contributed by atoms with Gasteiger partial charge in [0.15, 0.2) is 0 Å². The van der Waals surface area contributed by atoms with Crippen LogP contribution in [0.4, 0.5) is 11.4 Å². The van der Waals surface area contributed by atoms with Gasteiger partial charge in [0.2, 0.25) is 0 Å². The largest absolute Gasteiger partial charge is 0.369 e. The van der Waals surface area contributed by atoms with Crippen molar-refractivity contribution < 1.29 is 4.92 Å². The zero-order chi connectivity index (χ0) is 17.1. The summed E-state index contributed by atoms with van der Waals surface area (Å²) in [5.41, 5.74) is 4.78. The molecule has 0 N–H and O–H groups in total. The number of anilines is 1. The smallest absolute Gasteiger partial charge is 0.271 e.